The quantitative estimate of drug-likeness (QED) is 0.517. The van der Waals surface area contributed by atoms with Crippen molar-refractivity contribution < 1.29 is 14.6 Å². The minimum Gasteiger partial charge on any atom is -0.395 e. The molecule has 0 aromatic carbocycles. The molecule has 1 fully saturated rings. The average Bonchev–Trinajstić information content (AvgIpc) is 3.09. The van der Waals surface area contributed by atoms with Crippen molar-refractivity contribution in [1.82, 2.24) is 4.90 Å². The lowest BCUT2D eigenvalue weighted by atomic mass is 10.1. The molecule has 2 atom stereocenters. The van der Waals surface area contributed by atoms with E-state index in [1.54, 1.807) is 7.11 Å². The highest BCUT2D eigenvalue weighted by Gasteiger charge is 2.23. The predicted molar refractivity (Wildman–Crippen MR) is 66.9 cm³/mol. The molecule has 1 aliphatic carbocycles. The molecule has 2 unspecified atom stereocenters. The topological polar surface area (TPSA) is 68.0 Å². The Labute approximate surface area is 104 Å². The van der Waals surface area contributed by atoms with E-state index in [1.165, 1.54) is 12.8 Å². The highest BCUT2D eigenvalue weighted by atomic mass is 16.5. The average molecular weight is 246 g/mol. The predicted octanol–water partition coefficient (Wildman–Crippen LogP) is -0.321. The molecule has 0 bridgehead atoms. The molecule has 0 saturated heterocycles. The Bertz CT molecular complexity index is 200. The lowest BCUT2D eigenvalue weighted by Gasteiger charge is -2.30. The van der Waals surface area contributed by atoms with E-state index in [0.29, 0.717) is 13.2 Å². The molecule has 3 N–H and O–H groups in total. The Kier molecular flexibility index (Phi) is 6.99. The summed E-state index contributed by atoms with van der Waals surface area (Å²) in [6, 6.07) is -0.238. The summed E-state index contributed by atoms with van der Waals surface area (Å²) in [7, 11) is 3.57. The van der Waals surface area contributed by atoms with Gasteiger partial charge in [0, 0.05) is 32.3 Å². The first kappa shape index (κ1) is 14.9. The van der Waals surface area contributed by atoms with E-state index in [2.05, 4.69) is 0 Å². The number of rotatable bonds is 10. The van der Waals surface area contributed by atoms with E-state index in [0.717, 1.165) is 19.1 Å². The van der Waals surface area contributed by atoms with Crippen LogP contribution in [0.25, 0.3) is 0 Å². The number of methoxy groups -OCH3 is 1. The Morgan fingerprint density at radius 2 is 2.18 bits per heavy atom. The zero-order valence-electron chi connectivity index (χ0n) is 11.0. The summed E-state index contributed by atoms with van der Waals surface area (Å²) in [6.45, 7) is 2.86. The number of hydrogen-bond donors (Lipinski definition) is 2. The van der Waals surface area contributed by atoms with Crippen molar-refractivity contribution in [3.8, 4) is 0 Å². The van der Waals surface area contributed by atoms with Crippen molar-refractivity contribution in [3.63, 3.8) is 0 Å². The minimum absolute atomic E-state index is 0.0453. The number of aliphatic hydroxyl groups excluding tert-OH is 1. The van der Waals surface area contributed by atoms with Crippen LogP contribution in [0.2, 0.25) is 0 Å². The van der Waals surface area contributed by atoms with Gasteiger partial charge in [0.2, 0.25) is 0 Å². The van der Waals surface area contributed by atoms with Gasteiger partial charge in [0.25, 0.3) is 0 Å². The Morgan fingerprint density at radius 1 is 1.47 bits per heavy atom. The Hall–Kier alpha value is -0.200. The molecule has 0 aromatic heterocycles. The summed E-state index contributed by atoms with van der Waals surface area (Å²) in [5.41, 5.74) is 5.93. The minimum atomic E-state index is -0.168. The zero-order valence-corrected chi connectivity index (χ0v) is 11.0. The molecule has 1 saturated carbocycles. The van der Waals surface area contributed by atoms with Crippen molar-refractivity contribution in [1.29, 1.82) is 0 Å². The van der Waals surface area contributed by atoms with Gasteiger partial charge in [0.15, 0.2) is 0 Å². The summed E-state index contributed by atoms with van der Waals surface area (Å²) in [4.78, 5) is 2.04. The maximum Gasteiger partial charge on any atom is 0.0629 e. The molecule has 0 radical (unpaired) electrons. The second-order valence-electron chi connectivity index (χ2n) is 4.87. The first-order valence-electron chi connectivity index (χ1n) is 6.32. The molecule has 17 heavy (non-hydrogen) atoms. The molecule has 0 aromatic rings. The normalized spacial score (nSPS) is 19.6. The van der Waals surface area contributed by atoms with E-state index >= 15 is 0 Å². The molecule has 0 amide bonds. The second kappa shape index (κ2) is 8.00. The fraction of sp³-hybridized carbons (Fsp3) is 1.00. The molecular weight excluding hydrogens is 220 g/mol. The summed E-state index contributed by atoms with van der Waals surface area (Å²) in [5, 5.41) is 9.33. The summed E-state index contributed by atoms with van der Waals surface area (Å²) in [6.07, 6.45) is 2.63. The SMILES string of the molecule is COCC(N)C(CO)N(C)CCOCC1CC1. The van der Waals surface area contributed by atoms with Gasteiger partial charge in [-0.2, -0.15) is 0 Å². The maximum atomic E-state index is 9.33. The van der Waals surface area contributed by atoms with Crippen LogP contribution in [0.5, 0.6) is 0 Å². The van der Waals surface area contributed by atoms with Crippen molar-refractivity contribution in [3.05, 3.63) is 0 Å². The highest BCUT2D eigenvalue weighted by Crippen LogP contribution is 2.28. The second-order valence-corrected chi connectivity index (χ2v) is 4.87. The smallest absolute Gasteiger partial charge is 0.0629 e. The number of nitrogens with two attached hydrogens (primary N) is 1. The fourth-order valence-electron chi connectivity index (χ4n) is 1.81. The molecule has 1 aliphatic rings. The summed E-state index contributed by atoms with van der Waals surface area (Å²) >= 11 is 0. The van der Waals surface area contributed by atoms with E-state index in [4.69, 9.17) is 15.2 Å². The van der Waals surface area contributed by atoms with Crippen molar-refractivity contribution >= 4 is 0 Å². The number of nitrogens with zero attached hydrogens (tertiary/aromatic N) is 1. The van der Waals surface area contributed by atoms with Crippen LogP contribution >= 0.6 is 0 Å². The fourth-order valence-corrected chi connectivity index (χ4v) is 1.81. The van der Waals surface area contributed by atoms with Crippen molar-refractivity contribution in [2.75, 3.05) is 47.1 Å². The van der Waals surface area contributed by atoms with Gasteiger partial charge >= 0.3 is 0 Å². The molecule has 0 heterocycles. The molecule has 102 valence electrons. The lowest BCUT2D eigenvalue weighted by Crippen LogP contribution is -2.51. The monoisotopic (exact) mass is 246 g/mol. The van der Waals surface area contributed by atoms with Crippen LogP contribution in [-0.4, -0.2) is 69.2 Å². The van der Waals surface area contributed by atoms with Crippen LogP contribution in [0, 0.1) is 5.92 Å². The van der Waals surface area contributed by atoms with E-state index in [-0.39, 0.29) is 18.7 Å². The van der Waals surface area contributed by atoms with Gasteiger partial charge in [-0.1, -0.05) is 0 Å². The van der Waals surface area contributed by atoms with E-state index < -0.39 is 0 Å². The lowest BCUT2D eigenvalue weighted by molar-refractivity contribution is 0.0534. The first-order valence-corrected chi connectivity index (χ1v) is 6.32. The summed E-state index contributed by atoms with van der Waals surface area (Å²) < 4.78 is 10.6. The zero-order chi connectivity index (χ0) is 12.7. The third-order valence-corrected chi connectivity index (χ3v) is 3.25. The largest absolute Gasteiger partial charge is 0.395 e. The molecule has 5 nitrogen and oxygen atoms in total. The molecule has 1 rings (SSSR count). The van der Waals surface area contributed by atoms with Gasteiger partial charge in [0.1, 0.15) is 0 Å². The number of ether oxygens (including phenoxy) is 2. The third kappa shape index (κ3) is 5.79. The van der Waals surface area contributed by atoms with Crippen LogP contribution in [0.4, 0.5) is 0 Å². The van der Waals surface area contributed by atoms with Crippen LogP contribution in [-0.2, 0) is 9.47 Å². The van der Waals surface area contributed by atoms with Crippen LogP contribution < -0.4 is 5.73 Å². The van der Waals surface area contributed by atoms with Crippen LogP contribution in [0.1, 0.15) is 12.8 Å². The number of hydrogen-bond acceptors (Lipinski definition) is 5. The molecule has 0 aliphatic heterocycles. The van der Waals surface area contributed by atoms with Crippen LogP contribution in [0.3, 0.4) is 0 Å². The van der Waals surface area contributed by atoms with Gasteiger partial charge < -0.3 is 20.3 Å². The van der Waals surface area contributed by atoms with E-state index in [1.807, 2.05) is 11.9 Å². The molecule has 5 heteroatoms. The van der Waals surface area contributed by atoms with E-state index in [9.17, 15) is 5.11 Å². The van der Waals surface area contributed by atoms with Gasteiger partial charge in [0.05, 0.1) is 19.8 Å². The van der Waals surface area contributed by atoms with Gasteiger partial charge in [-0.25, -0.2) is 0 Å². The van der Waals surface area contributed by atoms with Gasteiger partial charge in [-0.3, -0.25) is 4.90 Å². The highest BCUT2D eigenvalue weighted by molar-refractivity contribution is 4.80. The Morgan fingerprint density at radius 3 is 2.71 bits per heavy atom. The van der Waals surface area contributed by atoms with Crippen LogP contribution in [0.15, 0.2) is 0 Å². The standard InChI is InChI=1S/C12H26N2O3/c1-14(5-6-17-8-10-3-4-10)12(7-15)11(13)9-16-2/h10-12,15H,3-9,13H2,1-2H3. The van der Waals surface area contributed by atoms with Crippen molar-refractivity contribution in [2.45, 2.75) is 24.9 Å². The molecule has 0 spiro atoms. The number of likely N-dealkylation sites (N-methyl/N-ethyl adjacent to an activating group) is 1. The summed E-state index contributed by atoms with van der Waals surface area (Å²) in [5.74, 6) is 0.796. The Balaban J connectivity index is 2.14. The van der Waals surface area contributed by atoms with Crippen molar-refractivity contribution in [2.24, 2.45) is 11.7 Å². The third-order valence-electron chi connectivity index (χ3n) is 3.25. The maximum absolute atomic E-state index is 9.33. The first-order chi connectivity index (χ1) is 8.19. The number of aliphatic hydroxyl groups is 1. The molecular formula is C12H26N2O3. The van der Waals surface area contributed by atoms with Gasteiger partial charge in [-0.05, 0) is 25.8 Å². The van der Waals surface area contributed by atoms with Gasteiger partial charge in [-0.15, -0.1) is 0 Å².